The number of hydrogen-bond acceptors (Lipinski definition) is 4. The molecule has 1 fully saturated rings. The van der Waals surface area contributed by atoms with Gasteiger partial charge in [-0.05, 0) is 73.4 Å². The molecule has 0 radical (unpaired) electrons. The third kappa shape index (κ3) is 7.29. The number of anilines is 1. The Morgan fingerprint density at radius 1 is 1.09 bits per heavy atom. The second kappa shape index (κ2) is 12.0. The van der Waals surface area contributed by atoms with Crippen molar-refractivity contribution in [2.75, 3.05) is 18.4 Å². The maximum atomic E-state index is 13.3. The van der Waals surface area contributed by atoms with E-state index >= 15 is 0 Å². The van der Waals surface area contributed by atoms with Crippen molar-refractivity contribution in [1.29, 1.82) is 0 Å². The minimum atomic E-state index is -1.06. The predicted molar refractivity (Wildman–Crippen MR) is 130 cm³/mol. The average molecular weight is 471 g/mol. The van der Waals surface area contributed by atoms with E-state index in [1.807, 2.05) is 12.1 Å². The molecule has 3 N–H and O–H groups in total. The molecule has 0 aliphatic heterocycles. The second-order valence-corrected chi connectivity index (χ2v) is 9.48. The van der Waals surface area contributed by atoms with E-state index in [0.29, 0.717) is 38.0 Å². The topological polar surface area (TPSA) is 89.9 Å². The average Bonchev–Trinajstić information content (AvgIpc) is 2.99. The number of carbonyl (C=O) groups excluding carboxylic acids is 1. The predicted octanol–water partition coefficient (Wildman–Crippen LogP) is 4.44. The number of nitrogens with zero attached hydrogens (tertiary/aromatic N) is 1. The highest BCUT2D eigenvalue weighted by molar-refractivity contribution is 5.83. The number of hydrogen-bond donors (Lipinski definition) is 3. The van der Waals surface area contributed by atoms with Gasteiger partial charge in [0, 0.05) is 18.2 Å². The Kier molecular flexibility index (Phi) is 9.05. The fourth-order valence-corrected chi connectivity index (χ4v) is 4.51. The smallest absolute Gasteiger partial charge is 0.323 e. The first-order valence-electron chi connectivity index (χ1n) is 12.0. The van der Waals surface area contributed by atoms with Crippen molar-refractivity contribution >= 4 is 17.6 Å². The Bertz CT molecular complexity index is 963. The zero-order chi connectivity index (χ0) is 24.7. The van der Waals surface area contributed by atoms with Crippen molar-refractivity contribution in [3.8, 4) is 0 Å². The van der Waals surface area contributed by atoms with Crippen LogP contribution in [0.5, 0.6) is 0 Å². The maximum absolute atomic E-state index is 13.3. The number of carboxylic acids is 1. The zero-order valence-electron chi connectivity index (χ0n) is 19.9. The quantitative estimate of drug-likeness (QED) is 0.472. The van der Waals surface area contributed by atoms with Gasteiger partial charge in [0.2, 0.25) is 5.91 Å². The molecule has 7 heteroatoms. The first-order valence-corrected chi connectivity index (χ1v) is 12.0. The lowest BCUT2D eigenvalue weighted by Crippen LogP contribution is -2.41. The number of carboxylic acid groups (broad SMARTS) is 1. The molecule has 2 aromatic carbocycles. The molecule has 0 spiro atoms. The molecule has 184 valence electrons. The van der Waals surface area contributed by atoms with Crippen LogP contribution in [0.15, 0.2) is 48.5 Å². The fraction of sp³-hybridized carbons (Fsp3) is 0.481. The van der Waals surface area contributed by atoms with E-state index in [-0.39, 0.29) is 36.8 Å². The van der Waals surface area contributed by atoms with Gasteiger partial charge in [-0.3, -0.25) is 9.59 Å². The van der Waals surface area contributed by atoms with E-state index in [1.165, 1.54) is 22.6 Å². The Balaban J connectivity index is 1.63. The first kappa shape index (κ1) is 25.7. The summed E-state index contributed by atoms with van der Waals surface area (Å²) in [6.07, 6.45) is 2.03. The van der Waals surface area contributed by atoms with E-state index in [9.17, 15) is 24.2 Å². The number of aliphatic hydroxyl groups is 1. The zero-order valence-corrected chi connectivity index (χ0v) is 19.9. The Morgan fingerprint density at radius 2 is 1.79 bits per heavy atom. The highest BCUT2D eigenvalue weighted by Gasteiger charge is 2.32. The molecule has 1 aliphatic rings. The van der Waals surface area contributed by atoms with Crippen LogP contribution in [0.3, 0.4) is 0 Å². The summed E-state index contributed by atoms with van der Waals surface area (Å²) >= 11 is 0. The van der Waals surface area contributed by atoms with Crippen molar-refractivity contribution in [3.63, 3.8) is 0 Å². The van der Waals surface area contributed by atoms with Gasteiger partial charge in [0.1, 0.15) is 12.4 Å². The highest BCUT2D eigenvalue weighted by atomic mass is 19.1. The number of carbonyl (C=O) groups is 2. The largest absolute Gasteiger partial charge is 0.480 e. The lowest BCUT2D eigenvalue weighted by Gasteiger charge is -2.26. The molecule has 2 aromatic rings. The van der Waals surface area contributed by atoms with Crippen LogP contribution in [0.1, 0.15) is 56.6 Å². The monoisotopic (exact) mass is 470 g/mol. The number of rotatable bonds is 9. The van der Waals surface area contributed by atoms with E-state index < -0.39 is 12.1 Å². The maximum Gasteiger partial charge on any atom is 0.323 e. The summed E-state index contributed by atoms with van der Waals surface area (Å²) in [7, 11) is 0. The van der Waals surface area contributed by atoms with Gasteiger partial charge in [0.25, 0.3) is 0 Å². The lowest BCUT2D eigenvalue weighted by molar-refractivity contribution is -0.146. The van der Waals surface area contributed by atoms with Crippen LogP contribution in [-0.4, -0.2) is 52.2 Å². The number of halogens is 1. The third-order valence-corrected chi connectivity index (χ3v) is 6.58. The summed E-state index contributed by atoms with van der Waals surface area (Å²) in [4.78, 5) is 26.0. The van der Waals surface area contributed by atoms with E-state index in [0.717, 1.165) is 11.3 Å². The Labute approximate surface area is 200 Å². The van der Waals surface area contributed by atoms with Gasteiger partial charge in [0.05, 0.1) is 12.1 Å². The lowest BCUT2D eigenvalue weighted by atomic mass is 9.98. The first-order chi connectivity index (χ1) is 16.2. The van der Waals surface area contributed by atoms with E-state index in [4.69, 9.17) is 0 Å². The molecule has 0 bridgehead atoms. The molecule has 0 saturated heterocycles. The molecule has 0 aromatic heterocycles. The van der Waals surface area contributed by atoms with Crippen molar-refractivity contribution in [2.24, 2.45) is 5.92 Å². The Morgan fingerprint density at radius 3 is 2.47 bits per heavy atom. The van der Waals surface area contributed by atoms with Crippen molar-refractivity contribution in [1.82, 2.24) is 4.90 Å². The van der Waals surface area contributed by atoms with Gasteiger partial charge in [0.15, 0.2) is 0 Å². The normalized spacial score (nSPS) is 20.6. The SMILES string of the molecule is CC(C)c1cccc(N[C@H]2CC[C@@H](C(=O)N(CCc3ccc(F)cc3)CC(=O)O)CC[C@@H]2O)c1. The minimum absolute atomic E-state index is 0.174. The van der Waals surface area contributed by atoms with Gasteiger partial charge in [-0.2, -0.15) is 0 Å². The summed E-state index contributed by atoms with van der Waals surface area (Å²) in [6, 6.07) is 14.0. The van der Waals surface area contributed by atoms with Gasteiger partial charge in [-0.25, -0.2) is 4.39 Å². The summed E-state index contributed by atoms with van der Waals surface area (Å²) in [5.41, 5.74) is 3.01. The molecular formula is C27H35FN2O4. The van der Waals surface area contributed by atoms with Crippen molar-refractivity contribution < 1.29 is 24.2 Å². The van der Waals surface area contributed by atoms with Gasteiger partial charge in [-0.1, -0.05) is 38.1 Å². The molecule has 6 nitrogen and oxygen atoms in total. The van der Waals surface area contributed by atoms with Crippen LogP contribution in [0.25, 0.3) is 0 Å². The highest BCUT2D eigenvalue weighted by Crippen LogP contribution is 2.28. The van der Waals surface area contributed by atoms with Gasteiger partial charge < -0.3 is 20.4 Å². The van der Waals surface area contributed by atoms with Gasteiger partial charge in [-0.15, -0.1) is 0 Å². The number of aliphatic carboxylic acids is 1. The van der Waals surface area contributed by atoms with Crippen LogP contribution >= 0.6 is 0 Å². The number of benzene rings is 2. The molecular weight excluding hydrogens is 435 g/mol. The number of aliphatic hydroxyl groups excluding tert-OH is 1. The molecule has 3 atom stereocenters. The van der Waals surface area contributed by atoms with Crippen LogP contribution in [0.2, 0.25) is 0 Å². The van der Waals surface area contributed by atoms with Crippen LogP contribution < -0.4 is 5.32 Å². The summed E-state index contributed by atoms with van der Waals surface area (Å²) in [6.45, 7) is 4.14. The fourth-order valence-electron chi connectivity index (χ4n) is 4.51. The Hall–Kier alpha value is -2.93. The minimum Gasteiger partial charge on any atom is -0.480 e. The van der Waals surface area contributed by atoms with Crippen LogP contribution in [0, 0.1) is 11.7 Å². The van der Waals surface area contributed by atoms with Gasteiger partial charge >= 0.3 is 5.97 Å². The summed E-state index contributed by atoms with van der Waals surface area (Å²) in [5, 5.41) is 23.5. The summed E-state index contributed by atoms with van der Waals surface area (Å²) < 4.78 is 13.2. The third-order valence-electron chi connectivity index (χ3n) is 6.58. The molecule has 34 heavy (non-hydrogen) atoms. The van der Waals surface area contributed by atoms with Crippen molar-refractivity contribution in [2.45, 2.75) is 64.0 Å². The summed E-state index contributed by atoms with van der Waals surface area (Å²) in [5.74, 6) is -1.53. The number of nitrogens with one attached hydrogen (secondary N) is 1. The van der Waals surface area contributed by atoms with Crippen LogP contribution in [-0.2, 0) is 16.0 Å². The van der Waals surface area contributed by atoms with E-state index in [2.05, 4.69) is 31.3 Å². The molecule has 1 amide bonds. The molecule has 1 saturated carbocycles. The standard InChI is InChI=1S/C27H35FN2O4/c1-18(2)21-4-3-5-23(16-21)29-24-12-8-20(9-13-25(24)31)27(34)30(17-26(32)33)15-14-19-6-10-22(28)11-7-19/h3-7,10-11,16,18,20,24-25,29,31H,8-9,12-15,17H2,1-2H3,(H,32,33)/t20-,24+,25+/m1/s1. The van der Waals surface area contributed by atoms with Crippen LogP contribution in [0.4, 0.5) is 10.1 Å². The molecule has 0 unspecified atom stereocenters. The van der Waals surface area contributed by atoms with E-state index in [1.54, 1.807) is 12.1 Å². The molecule has 3 rings (SSSR count). The molecule has 1 aliphatic carbocycles. The molecule has 0 heterocycles. The van der Waals surface area contributed by atoms with Crippen molar-refractivity contribution in [3.05, 3.63) is 65.5 Å². The second-order valence-electron chi connectivity index (χ2n) is 9.48. The number of amides is 1.